The molecule has 0 aliphatic carbocycles. The SMILES string of the molecule is C=CCOc1ccc(C=CC(=O)c2ccc(C)s2)cc1OC. The summed E-state index contributed by atoms with van der Waals surface area (Å²) < 4.78 is 10.8. The van der Waals surface area contributed by atoms with Crippen LogP contribution in [-0.2, 0) is 0 Å². The highest BCUT2D eigenvalue weighted by Crippen LogP contribution is 2.28. The maximum atomic E-state index is 12.1. The average molecular weight is 314 g/mol. The first kappa shape index (κ1) is 16.0. The molecule has 1 aromatic carbocycles. The summed E-state index contributed by atoms with van der Waals surface area (Å²) in [7, 11) is 1.59. The molecule has 114 valence electrons. The molecule has 0 N–H and O–H groups in total. The van der Waals surface area contributed by atoms with Crippen LogP contribution in [0.2, 0.25) is 0 Å². The van der Waals surface area contributed by atoms with E-state index in [1.807, 2.05) is 37.3 Å². The van der Waals surface area contributed by atoms with E-state index in [1.165, 1.54) is 11.3 Å². The van der Waals surface area contributed by atoms with Crippen LogP contribution in [0.1, 0.15) is 20.1 Å². The largest absolute Gasteiger partial charge is 0.493 e. The van der Waals surface area contributed by atoms with Crippen LogP contribution >= 0.6 is 11.3 Å². The van der Waals surface area contributed by atoms with Gasteiger partial charge in [-0.25, -0.2) is 0 Å². The molecule has 0 radical (unpaired) electrons. The molecular formula is C18H18O3S. The summed E-state index contributed by atoms with van der Waals surface area (Å²) in [6, 6.07) is 9.33. The van der Waals surface area contributed by atoms with Gasteiger partial charge in [0.25, 0.3) is 0 Å². The molecule has 2 aromatic rings. The average Bonchev–Trinajstić information content (AvgIpc) is 2.97. The molecular weight excluding hydrogens is 296 g/mol. The van der Waals surface area contributed by atoms with Gasteiger partial charge >= 0.3 is 0 Å². The highest BCUT2D eigenvalue weighted by molar-refractivity contribution is 7.14. The Morgan fingerprint density at radius 2 is 2.09 bits per heavy atom. The molecule has 0 amide bonds. The second-order valence-corrected chi connectivity index (χ2v) is 5.91. The van der Waals surface area contributed by atoms with Crippen molar-refractivity contribution >= 4 is 23.2 Å². The van der Waals surface area contributed by atoms with Crippen molar-refractivity contribution in [1.29, 1.82) is 0 Å². The van der Waals surface area contributed by atoms with Gasteiger partial charge in [0.2, 0.25) is 0 Å². The molecule has 1 aromatic heterocycles. The molecule has 1 heterocycles. The standard InChI is InChI=1S/C18H18O3S/c1-4-11-21-16-9-7-14(12-17(16)20-3)6-8-15(19)18-10-5-13(2)22-18/h4-10,12H,1,11H2,2-3H3. The van der Waals surface area contributed by atoms with Crippen molar-refractivity contribution in [1.82, 2.24) is 0 Å². The van der Waals surface area contributed by atoms with Crippen molar-refractivity contribution < 1.29 is 14.3 Å². The Morgan fingerprint density at radius 1 is 1.27 bits per heavy atom. The third-order valence-corrected chi connectivity index (χ3v) is 3.97. The molecule has 4 heteroatoms. The van der Waals surface area contributed by atoms with Gasteiger partial charge in [-0.05, 0) is 42.8 Å². The Balaban J connectivity index is 2.13. The Labute approximate surface area is 134 Å². The zero-order valence-corrected chi connectivity index (χ0v) is 13.5. The minimum Gasteiger partial charge on any atom is -0.493 e. The minimum atomic E-state index is 0.00375. The molecule has 0 unspecified atom stereocenters. The first-order valence-corrected chi connectivity index (χ1v) is 7.66. The van der Waals surface area contributed by atoms with Gasteiger partial charge in [-0.2, -0.15) is 0 Å². The fourth-order valence-electron chi connectivity index (χ4n) is 1.88. The fourth-order valence-corrected chi connectivity index (χ4v) is 2.66. The van der Waals surface area contributed by atoms with E-state index >= 15 is 0 Å². The van der Waals surface area contributed by atoms with E-state index in [1.54, 1.807) is 25.3 Å². The summed E-state index contributed by atoms with van der Waals surface area (Å²) in [4.78, 5) is 13.9. The number of hydrogen-bond donors (Lipinski definition) is 0. The molecule has 0 bridgehead atoms. The summed E-state index contributed by atoms with van der Waals surface area (Å²) in [6.07, 6.45) is 5.02. The zero-order valence-electron chi connectivity index (χ0n) is 12.7. The van der Waals surface area contributed by atoms with Crippen molar-refractivity contribution in [2.24, 2.45) is 0 Å². The van der Waals surface area contributed by atoms with Crippen molar-refractivity contribution in [2.75, 3.05) is 13.7 Å². The van der Waals surface area contributed by atoms with Gasteiger partial charge in [-0.15, -0.1) is 11.3 Å². The molecule has 0 spiro atoms. The second-order valence-electron chi connectivity index (χ2n) is 4.62. The van der Waals surface area contributed by atoms with E-state index in [9.17, 15) is 4.79 Å². The first-order valence-electron chi connectivity index (χ1n) is 6.84. The van der Waals surface area contributed by atoms with Crippen LogP contribution in [0.4, 0.5) is 0 Å². The summed E-state index contributed by atoms with van der Waals surface area (Å²) in [5.41, 5.74) is 0.879. The van der Waals surface area contributed by atoms with Crippen molar-refractivity contribution in [2.45, 2.75) is 6.92 Å². The van der Waals surface area contributed by atoms with E-state index < -0.39 is 0 Å². The highest BCUT2D eigenvalue weighted by atomic mass is 32.1. The second kappa shape index (κ2) is 7.61. The lowest BCUT2D eigenvalue weighted by atomic mass is 10.1. The highest BCUT2D eigenvalue weighted by Gasteiger charge is 2.06. The molecule has 22 heavy (non-hydrogen) atoms. The topological polar surface area (TPSA) is 35.5 Å². The number of rotatable bonds is 7. The number of benzene rings is 1. The third kappa shape index (κ3) is 4.09. The van der Waals surface area contributed by atoms with E-state index in [2.05, 4.69) is 6.58 Å². The number of ketones is 1. The van der Waals surface area contributed by atoms with Gasteiger partial charge in [0.05, 0.1) is 12.0 Å². The zero-order chi connectivity index (χ0) is 15.9. The molecule has 0 saturated heterocycles. The predicted molar refractivity (Wildman–Crippen MR) is 91.1 cm³/mol. The van der Waals surface area contributed by atoms with Gasteiger partial charge in [0.15, 0.2) is 17.3 Å². The van der Waals surface area contributed by atoms with Crippen LogP contribution in [0.25, 0.3) is 6.08 Å². The van der Waals surface area contributed by atoms with Gasteiger partial charge < -0.3 is 9.47 Å². The lowest BCUT2D eigenvalue weighted by Crippen LogP contribution is -1.96. The van der Waals surface area contributed by atoms with Crippen LogP contribution in [-0.4, -0.2) is 19.5 Å². The molecule has 0 saturated carbocycles. The van der Waals surface area contributed by atoms with E-state index in [0.717, 1.165) is 15.3 Å². The van der Waals surface area contributed by atoms with Crippen molar-refractivity contribution in [3.8, 4) is 11.5 Å². The Bertz CT molecular complexity index is 698. The third-order valence-electron chi connectivity index (χ3n) is 2.95. The number of methoxy groups -OCH3 is 1. The van der Waals surface area contributed by atoms with E-state index in [4.69, 9.17) is 9.47 Å². The molecule has 0 atom stereocenters. The van der Waals surface area contributed by atoms with E-state index in [0.29, 0.717) is 18.1 Å². The maximum absolute atomic E-state index is 12.1. The quantitative estimate of drug-likeness (QED) is 0.428. The van der Waals surface area contributed by atoms with Crippen LogP contribution in [0.15, 0.2) is 49.1 Å². The number of thiophene rings is 1. The lowest BCUT2D eigenvalue weighted by Gasteiger charge is -2.09. The van der Waals surface area contributed by atoms with Gasteiger partial charge in [-0.1, -0.05) is 24.8 Å². The summed E-state index contributed by atoms with van der Waals surface area (Å²) in [5, 5.41) is 0. The van der Waals surface area contributed by atoms with Crippen molar-refractivity contribution in [3.63, 3.8) is 0 Å². The smallest absolute Gasteiger partial charge is 0.195 e. The Kier molecular flexibility index (Phi) is 5.55. The van der Waals surface area contributed by atoms with E-state index in [-0.39, 0.29) is 5.78 Å². The normalized spacial score (nSPS) is 10.6. The Morgan fingerprint density at radius 3 is 2.73 bits per heavy atom. The van der Waals surface area contributed by atoms with Gasteiger partial charge in [-0.3, -0.25) is 4.79 Å². The van der Waals surface area contributed by atoms with Crippen LogP contribution in [0, 0.1) is 6.92 Å². The molecule has 3 nitrogen and oxygen atoms in total. The molecule has 0 aliphatic rings. The molecule has 0 aliphatic heterocycles. The molecule has 0 fully saturated rings. The van der Waals surface area contributed by atoms with Gasteiger partial charge in [0.1, 0.15) is 6.61 Å². The minimum absolute atomic E-state index is 0.00375. The summed E-state index contributed by atoms with van der Waals surface area (Å²) >= 11 is 1.50. The van der Waals surface area contributed by atoms with Crippen molar-refractivity contribution in [3.05, 3.63) is 64.4 Å². The lowest BCUT2D eigenvalue weighted by molar-refractivity contribution is 0.105. The maximum Gasteiger partial charge on any atom is 0.195 e. The van der Waals surface area contributed by atoms with Crippen LogP contribution in [0.5, 0.6) is 11.5 Å². The Hall–Kier alpha value is -2.33. The number of hydrogen-bond acceptors (Lipinski definition) is 4. The predicted octanol–water partition coefficient (Wildman–Crippen LogP) is 4.53. The van der Waals surface area contributed by atoms with Crippen LogP contribution in [0.3, 0.4) is 0 Å². The number of aryl methyl sites for hydroxylation is 1. The van der Waals surface area contributed by atoms with Crippen LogP contribution < -0.4 is 9.47 Å². The fraction of sp³-hybridized carbons (Fsp3) is 0.167. The monoisotopic (exact) mass is 314 g/mol. The first-order chi connectivity index (χ1) is 10.6. The molecule has 2 rings (SSSR count). The number of carbonyl (C=O) groups is 1. The number of ether oxygens (including phenoxy) is 2. The van der Waals surface area contributed by atoms with Gasteiger partial charge in [0, 0.05) is 4.88 Å². The summed E-state index contributed by atoms with van der Waals surface area (Å²) in [6.45, 7) is 6.02. The number of carbonyl (C=O) groups excluding carboxylic acids is 1. The number of allylic oxidation sites excluding steroid dienone is 1. The summed E-state index contributed by atoms with van der Waals surface area (Å²) in [5.74, 6) is 1.28.